The Labute approximate surface area is 157 Å². The number of benzene rings is 1. The summed E-state index contributed by atoms with van der Waals surface area (Å²) in [4.78, 5) is 14.1. The van der Waals surface area contributed by atoms with Crippen molar-refractivity contribution in [2.45, 2.75) is 40.5 Å². The molecular weight excluding hydrogens is 322 g/mol. The smallest absolute Gasteiger partial charge is 0.227 e. The summed E-state index contributed by atoms with van der Waals surface area (Å²) in [5.41, 5.74) is 3.30. The van der Waals surface area contributed by atoms with Gasteiger partial charge in [-0.05, 0) is 63.8 Å². The van der Waals surface area contributed by atoms with E-state index in [0.717, 1.165) is 55.2 Å². The van der Waals surface area contributed by atoms with Crippen LogP contribution in [0.2, 0.25) is 0 Å². The molecular formula is C21H31N5. The third-order valence-corrected chi connectivity index (χ3v) is 5.18. The maximum absolute atomic E-state index is 4.76. The van der Waals surface area contributed by atoms with E-state index in [1.165, 1.54) is 18.5 Å². The number of aromatic nitrogens is 2. The molecule has 0 spiro atoms. The van der Waals surface area contributed by atoms with Crippen molar-refractivity contribution in [3.05, 3.63) is 36.0 Å². The summed E-state index contributed by atoms with van der Waals surface area (Å²) in [6.07, 6.45) is 2.43. The standard InChI is InChI=1S/C21H31N5/c1-5-25(6-2)19-9-7-18(8-10-19)23-20-15-17(4)22-21(24-20)26-13-11-16(3)12-14-26/h7-10,15-16H,5-6,11-14H2,1-4H3,(H,22,23,24). The molecule has 1 N–H and O–H groups in total. The van der Waals surface area contributed by atoms with Crippen molar-refractivity contribution in [3.8, 4) is 0 Å². The Morgan fingerprint density at radius 1 is 1.08 bits per heavy atom. The normalized spacial score (nSPS) is 15.2. The quantitative estimate of drug-likeness (QED) is 0.821. The van der Waals surface area contributed by atoms with Gasteiger partial charge in [0.1, 0.15) is 5.82 Å². The van der Waals surface area contributed by atoms with Crippen LogP contribution < -0.4 is 15.1 Å². The molecule has 2 aromatic rings. The molecule has 0 amide bonds. The number of piperidine rings is 1. The van der Waals surface area contributed by atoms with E-state index in [-0.39, 0.29) is 0 Å². The molecule has 1 saturated heterocycles. The van der Waals surface area contributed by atoms with Crippen LogP contribution in [0.3, 0.4) is 0 Å². The maximum Gasteiger partial charge on any atom is 0.227 e. The molecule has 1 aliphatic rings. The van der Waals surface area contributed by atoms with Crippen LogP contribution in [0.4, 0.5) is 23.1 Å². The minimum Gasteiger partial charge on any atom is -0.372 e. The Kier molecular flexibility index (Phi) is 5.96. The van der Waals surface area contributed by atoms with Crippen molar-refractivity contribution < 1.29 is 0 Å². The van der Waals surface area contributed by atoms with Crippen molar-refractivity contribution in [2.24, 2.45) is 5.92 Å². The van der Waals surface area contributed by atoms with Gasteiger partial charge in [-0.2, -0.15) is 4.98 Å². The fraction of sp³-hybridized carbons (Fsp3) is 0.524. The molecule has 1 aliphatic heterocycles. The first-order chi connectivity index (χ1) is 12.6. The summed E-state index contributed by atoms with van der Waals surface area (Å²) in [5.74, 6) is 2.51. The third kappa shape index (κ3) is 4.45. The van der Waals surface area contributed by atoms with Crippen molar-refractivity contribution >= 4 is 23.1 Å². The van der Waals surface area contributed by atoms with Gasteiger partial charge in [0.25, 0.3) is 0 Å². The van der Waals surface area contributed by atoms with Gasteiger partial charge in [-0.25, -0.2) is 4.98 Å². The topological polar surface area (TPSA) is 44.3 Å². The summed E-state index contributed by atoms with van der Waals surface area (Å²) in [6.45, 7) is 12.9. The second kappa shape index (κ2) is 8.39. The summed E-state index contributed by atoms with van der Waals surface area (Å²) in [5, 5.41) is 3.44. The molecule has 0 aliphatic carbocycles. The Balaban J connectivity index is 1.73. The lowest BCUT2D eigenvalue weighted by Gasteiger charge is -2.30. The predicted molar refractivity (Wildman–Crippen MR) is 111 cm³/mol. The molecule has 0 unspecified atom stereocenters. The number of rotatable bonds is 6. The van der Waals surface area contributed by atoms with Gasteiger partial charge in [-0.3, -0.25) is 0 Å². The summed E-state index contributed by atoms with van der Waals surface area (Å²) >= 11 is 0. The average molecular weight is 354 g/mol. The van der Waals surface area contributed by atoms with Gasteiger partial charge in [0.05, 0.1) is 0 Å². The number of nitrogens with zero attached hydrogens (tertiary/aromatic N) is 4. The molecule has 5 heteroatoms. The number of nitrogens with one attached hydrogen (secondary N) is 1. The fourth-order valence-corrected chi connectivity index (χ4v) is 3.46. The average Bonchev–Trinajstić information content (AvgIpc) is 2.64. The molecule has 2 heterocycles. The molecule has 1 aromatic carbocycles. The first kappa shape index (κ1) is 18.5. The van der Waals surface area contributed by atoms with E-state index in [1.807, 2.05) is 13.0 Å². The van der Waals surface area contributed by atoms with Gasteiger partial charge >= 0.3 is 0 Å². The first-order valence-electron chi connectivity index (χ1n) is 9.81. The van der Waals surface area contributed by atoms with Crippen LogP contribution in [-0.4, -0.2) is 36.1 Å². The molecule has 26 heavy (non-hydrogen) atoms. The number of anilines is 4. The zero-order chi connectivity index (χ0) is 18.5. The summed E-state index contributed by atoms with van der Waals surface area (Å²) in [7, 11) is 0. The monoisotopic (exact) mass is 353 g/mol. The van der Waals surface area contributed by atoms with Gasteiger partial charge in [0.15, 0.2) is 0 Å². The highest BCUT2D eigenvalue weighted by molar-refractivity contribution is 5.61. The first-order valence-corrected chi connectivity index (χ1v) is 9.81. The van der Waals surface area contributed by atoms with E-state index in [4.69, 9.17) is 4.98 Å². The molecule has 3 rings (SSSR count). The third-order valence-electron chi connectivity index (χ3n) is 5.18. The second-order valence-corrected chi connectivity index (χ2v) is 7.21. The van der Waals surface area contributed by atoms with Gasteiger partial charge in [0.2, 0.25) is 5.95 Å². The van der Waals surface area contributed by atoms with Crippen molar-refractivity contribution in [2.75, 3.05) is 41.3 Å². The Morgan fingerprint density at radius 3 is 2.35 bits per heavy atom. The molecule has 1 fully saturated rings. The SMILES string of the molecule is CCN(CC)c1ccc(Nc2cc(C)nc(N3CCC(C)CC3)n2)cc1. The van der Waals surface area contributed by atoms with Crippen LogP contribution in [0.15, 0.2) is 30.3 Å². The molecule has 140 valence electrons. The molecule has 5 nitrogen and oxygen atoms in total. The number of aryl methyl sites for hydroxylation is 1. The zero-order valence-electron chi connectivity index (χ0n) is 16.5. The molecule has 0 atom stereocenters. The van der Waals surface area contributed by atoms with Crippen LogP contribution in [0.25, 0.3) is 0 Å². The lowest BCUT2D eigenvalue weighted by atomic mass is 10.00. The van der Waals surface area contributed by atoms with Crippen LogP contribution in [0.5, 0.6) is 0 Å². The number of hydrogen-bond acceptors (Lipinski definition) is 5. The highest BCUT2D eigenvalue weighted by Gasteiger charge is 2.18. The van der Waals surface area contributed by atoms with Crippen LogP contribution in [-0.2, 0) is 0 Å². The highest BCUT2D eigenvalue weighted by atomic mass is 15.3. The van der Waals surface area contributed by atoms with E-state index in [9.17, 15) is 0 Å². The van der Waals surface area contributed by atoms with E-state index in [2.05, 4.69) is 65.1 Å². The predicted octanol–water partition coefficient (Wildman–Crippen LogP) is 4.61. The maximum atomic E-state index is 4.76. The minimum absolute atomic E-state index is 0.804. The second-order valence-electron chi connectivity index (χ2n) is 7.21. The Morgan fingerprint density at radius 2 is 1.73 bits per heavy atom. The van der Waals surface area contributed by atoms with E-state index in [0.29, 0.717) is 0 Å². The summed E-state index contributed by atoms with van der Waals surface area (Å²) in [6, 6.07) is 10.6. The Bertz CT molecular complexity index is 701. The van der Waals surface area contributed by atoms with Gasteiger partial charge in [-0.15, -0.1) is 0 Å². The minimum atomic E-state index is 0.804. The highest BCUT2D eigenvalue weighted by Crippen LogP contribution is 2.24. The van der Waals surface area contributed by atoms with Crippen LogP contribution in [0, 0.1) is 12.8 Å². The van der Waals surface area contributed by atoms with Gasteiger partial charge < -0.3 is 15.1 Å². The molecule has 0 bridgehead atoms. The lowest BCUT2D eigenvalue weighted by molar-refractivity contribution is 0.434. The van der Waals surface area contributed by atoms with Crippen molar-refractivity contribution in [1.29, 1.82) is 0 Å². The van der Waals surface area contributed by atoms with Gasteiger partial charge in [-0.1, -0.05) is 6.92 Å². The number of hydrogen-bond donors (Lipinski definition) is 1. The lowest BCUT2D eigenvalue weighted by Crippen LogP contribution is -2.34. The van der Waals surface area contributed by atoms with E-state index >= 15 is 0 Å². The molecule has 1 aromatic heterocycles. The van der Waals surface area contributed by atoms with Crippen molar-refractivity contribution in [1.82, 2.24) is 9.97 Å². The largest absolute Gasteiger partial charge is 0.372 e. The zero-order valence-corrected chi connectivity index (χ0v) is 16.5. The van der Waals surface area contributed by atoms with Crippen LogP contribution in [0.1, 0.15) is 39.3 Å². The summed E-state index contributed by atoms with van der Waals surface area (Å²) < 4.78 is 0. The van der Waals surface area contributed by atoms with Crippen LogP contribution >= 0.6 is 0 Å². The fourth-order valence-electron chi connectivity index (χ4n) is 3.46. The van der Waals surface area contributed by atoms with Gasteiger partial charge in [0, 0.05) is 49.3 Å². The van der Waals surface area contributed by atoms with E-state index in [1.54, 1.807) is 0 Å². The van der Waals surface area contributed by atoms with Crippen molar-refractivity contribution in [3.63, 3.8) is 0 Å². The molecule has 0 saturated carbocycles. The van der Waals surface area contributed by atoms with E-state index < -0.39 is 0 Å². The molecule has 0 radical (unpaired) electrons. The Hall–Kier alpha value is -2.30.